The van der Waals surface area contributed by atoms with Crippen molar-refractivity contribution in [2.75, 3.05) is 0 Å². The lowest BCUT2D eigenvalue weighted by Crippen LogP contribution is -1.94. The summed E-state index contributed by atoms with van der Waals surface area (Å²) in [5, 5.41) is 0.970. The van der Waals surface area contributed by atoms with Crippen molar-refractivity contribution >= 4 is 22.8 Å². The summed E-state index contributed by atoms with van der Waals surface area (Å²) in [5.41, 5.74) is 1.60. The molecule has 1 aromatic carbocycles. The highest BCUT2D eigenvalue weighted by Gasteiger charge is 2.14. The number of aromatic amines is 1. The molecule has 2 heterocycles. The van der Waals surface area contributed by atoms with Crippen molar-refractivity contribution in [1.29, 1.82) is 0 Å². The molecule has 0 saturated carbocycles. The van der Waals surface area contributed by atoms with E-state index in [1.807, 2.05) is 31.2 Å². The van der Waals surface area contributed by atoms with Crippen LogP contribution in [0, 0.1) is 6.92 Å². The zero-order chi connectivity index (χ0) is 13.2. The number of nitrogens with one attached hydrogen (secondary N) is 1. The Labute approximate surface area is 109 Å². The molecular weight excluding hydrogens is 240 g/mol. The quantitative estimate of drug-likeness (QED) is 0.574. The molecule has 0 aliphatic rings. The number of para-hydroxylation sites is 1. The number of benzene rings is 1. The molecule has 0 amide bonds. The number of allylic oxidation sites excluding steroid dienone is 1. The maximum Gasteiger partial charge on any atom is 0.221 e. The fourth-order valence-corrected chi connectivity index (χ4v) is 2.01. The molecule has 19 heavy (non-hydrogen) atoms. The van der Waals surface area contributed by atoms with Crippen LogP contribution in [-0.2, 0) is 0 Å². The number of aromatic nitrogens is 2. The van der Waals surface area contributed by atoms with E-state index < -0.39 is 0 Å². The van der Waals surface area contributed by atoms with Gasteiger partial charge in [0.2, 0.25) is 5.78 Å². The van der Waals surface area contributed by atoms with Gasteiger partial charge in [0.15, 0.2) is 5.76 Å². The molecular formula is C15H12N2O2. The third-order valence-electron chi connectivity index (χ3n) is 2.98. The predicted molar refractivity (Wildman–Crippen MR) is 72.9 cm³/mol. The minimum atomic E-state index is -0.162. The number of ketones is 1. The van der Waals surface area contributed by atoms with E-state index in [1.165, 1.54) is 6.08 Å². The molecule has 4 heteroatoms. The number of carbonyl (C=O) groups excluding carboxylic acids is 1. The highest BCUT2D eigenvalue weighted by atomic mass is 16.3. The number of nitrogens with zero attached hydrogens (tertiary/aromatic N) is 1. The molecule has 0 aliphatic carbocycles. The molecule has 2 aromatic heterocycles. The number of carbonyl (C=O) groups is 1. The minimum absolute atomic E-state index is 0.162. The van der Waals surface area contributed by atoms with Crippen LogP contribution in [0.1, 0.15) is 21.9 Å². The molecule has 3 aromatic rings. The van der Waals surface area contributed by atoms with Crippen LogP contribution >= 0.6 is 0 Å². The molecule has 0 spiro atoms. The van der Waals surface area contributed by atoms with Gasteiger partial charge in [0.1, 0.15) is 11.4 Å². The predicted octanol–water partition coefficient (Wildman–Crippen LogP) is 3.36. The molecule has 0 aliphatic heterocycles. The zero-order valence-corrected chi connectivity index (χ0v) is 10.4. The Balaban J connectivity index is 1.96. The van der Waals surface area contributed by atoms with Crippen molar-refractivity contribution in [3.05, 3.63) is 59.9 Å². The first kappa shape index (κ1) is 11.5. The van der Waals surface area contributed by atoms with Crippen molar-refractivity contribution in [3.8, 4) is 0 Å². The summed E-state index contributed by atoms with van der Waals surface area (Å²) in [6.45, 7) is 1.89. The first-order valence-electron chi connectivity index (χ1n) is 5.95. The van der Waals surface area contributed by atoms with Gasteiger partial charge in [-0.05, 0) is 25.1 Å². The topological polar surface area (TPSA) is 58.9 Å². The number of rotatable bonds is 3. The van der Waals surface area contributed by atoms with Crippen LogP contribution in [0.3, 0.4) is 0 Å². The minimum Gasteiger partial charge on any atom is -0.452 e. The number of hydrogen-bond acceptors (Lipinski definition) is 3. The smallest absolute Gasteiger partial charge is 0.221 e. The van der Waals surface area contributed by atoms with E-state index in [2.05, 4.69) is 9.97 Å². The summed E-state index contributed by atoms with van der Waals surface area (Å²) in [6, 6.07) is 7.62. The molecule has 4 nitrogen and oxygen atoms in total. The summed E-state index contributed by atoms with van der Waals surface area (Å²) >= 11 is 0. The molecule has 3 rings (SSSR count). The van der Waals surface area contributed by atoms with Gasteiger partial charge in [-0.2, -0.15) is 0 Å². The van der Waals surface area contributed by atoms with Crippen LogP contribution in [-0.4, -0.2) is 15.8 Å². The largest absolute Gasteiger partial charge is 0.452 e. The second-order valence-electron chi connectivity index (χ2n) is 4.22. The van der Waals surface area contributed by atoms with Crippen LogP contribution in [0.5, 0.6) is 0 Å². The third kappa shape index (κ3) is 2.08. The molecule has 0 fully saturated rings. The Morgan fingerprint density at radius 2 is 2.21 bits per heavy atom. The summed E-state index contributed by atoms with van der Waals surface area (Å²) in [5.74, 6) is 0.858. The van der Waals surface area contributed by atoms with Gasteiger partial charge in [-0.1, -0.05) is 18.2 Å². The molecule has 0 atom stereocenters. The van der Waals surface area contributed by atoms with Gasteiger partial charge in [-0.3, -0.25) is 4.79 Å². The van der Waals surface area contributed by atoms with Crippen molar-refractivity contribution in [1.82, 2.24) is 9.97 Å². The summed E-state index contributed by atoms with van der Waals surface area (Å²) < 4.78 is 5.60. The number of H-pyrrole nitrogens is 1. The maximum absolute atomic E-state index is 12.1. The SMILES string of the molecule is Cc1c(C(=O)/C=C\c2ncc[nH]2)oc2ccccc12. The fraction of sp³-hybridized carbons (Fsp3) is 0.0667. The number of hydrogen-bond donors (Lipinski definition) is 1. The van der Waals surface area contributed by atoms with Gasteiger partial charge in [-0.25, -0.2) is 4.98 Å². The fourth-order valence-electron chi connectivity index (χ4n) is 2.01. The summed E-state index contributed by atoms with van der Waals surface area (Å²) in [7, 11) is 0. The normalized spacial score (nSPS) is 11.4. The van der Waals surface area contributed by atoms with E-state index in [9.17, 15) is 4.79 Å². The van der Waals surface area contributed by atoms with Gasteiger partial charge in [-0.15, -0.1) is 0 Å². The van der Waals surface area contributed by atoms with E-state index in [4.69, 9.17) is 4.42 Å². The molecule has 0 saturated heterocycles. The Morgan fingerprint density at radius 3 is 2.95 bits per heavy atom. The van der Waals surface area contributed by atoms with Crippen molar-refractivity contribution in [2.45, 2.75) is 6.92 Å². The van der Waals surface area contributed by atoms with Crippen LogP contribution < -0.4 is 0 Å². The van der Waals surface area contributed by atoms with E-state index in [1.54, 1.807) is 18.5 Å². The van der Waals surface area contributed by atoms with E-state index in [0.717, 1.165) is 16.5 Å². The lowest BCUT2D eigenvalue weighted by molar-refractivity contribution is 0.102. The average Bonchev–Trinajstić information content (AvgIpc) is 3.05. The second-order valence-corrected chi connectivity index (χ2v) is 4.22. The lowest BCUT2D eigenvalue weighted by atomic mass is 10.1. The average molecular weight is 252 g/mol. The number of fused-ring (bicyclic) bond motifs is 1. The number of aryl methyl sites for hydroxylation is 1. The standard InChI is InChI=1S/C15H12N2O2/c1-10-11-4-2-3-5-13(11)19-15(10)12(18)6-7-14-16-8-9-17-14/h2-9H,1H3,(H,16,17)/b7-6-. The highest BCUT2D eigenvalue weighted by molar-refractivity contribution is 6.08. The molecule has 1 N–H and O–H groups in total. The van der Waals surface area contributed by atoms with Gasteiger partial charge in [0, 0.05) is 23.3 Å². The van der Waals surface area contributed by atoms with Gasteiger partial charge < -0.3 is 9.40 Å². The monoisotopic (exact) mass is 252 g/mol. The summed E-state index contributed by atoms with van der Waals surface area (Å²) in [6.07, 6.45) is 6.44. The first-order valence-corrected chi connectivity index (χ1v) is 5.95. The van der Waals surface area contributed by atoms with Crippen molar-refractivity contribution in [2.24, 2.45) is 0 Å². The Kier molecular flexibility index (Phi) is 2.76. The van der Waals surface area contributed by atoms with Crippen LogP contribution in [0.15, 0.2) is 47.2 Å². The maximum atomic E-state index is 12.1. The zero-order valence-electron chi connectivity index (χ0n) is 10.4. The Morgan fingerprint density at radius 1 is 1.37 bits per heavy atom. The van der Waals surface area contributed by atoms with E-state index in [0.29, 0.717) is 11.6 Å². The molecule has 0 bridgehead atoms. The number of furan rings is 1. The Bertz CT molecular complexity index is 752. The van der Waals surface area contributed by atoms with Crippen LogP contribution in [0.25, 0.3) is 17.0 Å². The molecule has 94 valence electrons. The van der Waals surface area contributed by atoms with Crippen LogP contribution in [0.2, 0.25) is 0 Å². The Hall–Kier alpha value is -2.62. The lowest BCUT2D eigenvalue weighted by Gasteiger charge is -1.91. The van der Waals surface area contributed by atoms with Gasteiger partial charge in [0.05, 0.1) is 0 Å². The second kappa shape index (κ2) is 4.57. The van der Waals surface area contributed by atoms with Gasteiger partial charge in [0.25, 0.3) is 0 Å². The molecule has 0 radical (unpaired) electrons. The van der Waals surface area contributed by atoms with E-state index >= 15 is 0 Å². The van der Waals surface area contributed by atoms with Crippen molar-refractivity contribution in [3.63, 3.8) is 0 Å². The highest BCUT2D eigenvalue weighted by Crippen LogP contribution is 2.25. The van der Waals surface area contributed by atoms with Crippen molar-refractivity contribution < 1.29 is 9.21 Å². The number of imidazole rings is 1. The van der Waals surface area contributed by atoms with Crippen LogP contribution in [0.4, 0.5) is 0 Å². The van der Waals surface area contributed by atoms with Gasteiger partial charge >= 0.3 is 0 Å². The van der Waals surface area contributed by atoms with E-state index in [-0.39, 0.29) is 5.78 Å². The summed E-state index contributed by atoms with van der Waals surface area (Å²) in [4.78, 5) is 19.0. The third-order valence-corrected chi connectivity index (χ3v) is 2.98. The first-order chi connectivity index (χ1) is 9.25. The molecule has 0 unspecified atom stereocenters.